The van der Waals surface area contributed by atoms with Gasteiger partial charge in [0.1, 0.15) is 5.82 Å². The predicted octanol–water partition coefficient (Wildman–Crippen LogP) is 1.99. The Morgan fingerprint density at radius 2 is 1.79 bits per heavy atom. The van der Waals surface area contributed by atoms with E-state index in [0.29, 0.717) is 11.1 Å². The van der Waals surface area contributed by atoms with E-state index < -0.39 is 27.5 Å². The Morgan fingerprint density at radius 1 is 1.17 bits per heavy atom. The molecule has 1 aromatic heterocycles. The molecule has 0 saturated carbocycles. The van der Waals surface area contributed by atoms with Crippen LogP contribution in [0.15, 0.2) is 29.4 Å². The van der Waals surface area contributed by atoms with Crippen molar-refractivity contribution in [3.63, 3.8) is 0 Å². The van der Waals surface area contributed by atoms with Crippen LogP contribution in [0.25, 0.3) is 0 Å². The summed E-state index contributed by atoms with van der Waals surface area (Å²) in [7, 11) is -0.520. The van der Waals surface area contributed by atoms with Crippen molar-refractivity contribution in [2.24, 2.45) is 12.0 Å². The van der Waals surface area contributed by atoms with Crippen molar-refractivity contribution in [3.8, 4) is 0 Å². The number of hydrogen-bond donors (Lipinski definition) is 2. The lowest BCUT2D eigenvalue weighted by Crippen LogP contribution is -2.37. The zero-order valence-corrected chi connectivity index (χ0v) is 16.8. The average Bonchev–Trinajstić information content (AvgIpc) is 2.97. The average molecular weight is 435 g/mol. The van der Waals surface area contributed by atoms with Gasteiger partial charge in [-0.2, -0.15) is 18.3 Å². The van der Waals surface area contributed by atoms with E-state index in [0.717, 1.165) is 17.0 Å². The highest BCUT2D eigenvalue weighted by molar-refractivity contribution is 7.89. The molecule has 2 rings (SSSR count). The molecule has 0 saturated heterocycles. The summed E-state index contributed by atoms with van der Waals surface area (Å²) in [6.45, 7) is -0.164. The fraction of sp³-hybridized carbons (Fsp3) is 0.412. The Morgan fingerprint density at radius 3 is 2.34 bits per heavy atom. The van der Waals surface area contributed by atoms with Crippen LogP contribution in [0, 0.1) is 5.82 Å². The molecule has 0 unspecified atom stereocenters. The van der Waals surface area contributed by atoms with Crippen LogP contribution in [0.2, 0.25) is 0 Å². The Kier molecular flexibility index (Phi) is 6.88. The van der Waals surface area contributed by atoms with Crippen LogP contribution >= 0.6 is 0 Å². The van der Waals surface area contributed by atoms with E-state index in [-0.39, 0.29) is 30.4 Å². The van der Waals surface area contributed by atoms with Crippen molar-refractivity contribution in [1.82, 2.24) is 20.4 Å². The van der Waals surface area contributed by atoms with Crippen LogP contribution in [0.1, 0.15) is 22.4 Å². The normalized spacial score (nSPS) is 12.9. The minimum Gasteiger partial charge on any atom is -0.352 e. The third-order valence-corrected chi connectivity index (χ3v) is 4.71. The van der Waals surface area contributed by atoms with Gasteiger partial charge in [-0.25, -0.2) is 12.8 Å². The molecule has 160 valence electrons. The number of hydrogen-bond acceptors (Lipinski definition) is 4. The maximum Gasteiger partial charge on any atom is 0.435 e. The molecule has 29 heavy (non-hydrogen) atoms. The van der Waals surface area contributed by atoms with E-state index in [1.54, 1.807) is 0 Å². The molecule has 0 radical (unpaired) electrons. The number of nitrogens with one attached hydrogen (secondary N) is 2. The fourth-order valence-electron chi connectivity index (χ4n) is 2.67. The number of halogens is 4. The molecule has 12 heteroatoms. The van der Waals surface area contributed by atoms with Crippen LogP contribution in [-0.4, -0.2) is 37.5 Å². The summed E-state index contributed by atoms with van der Waals surface area (Å²) in [5, 5.41) is 9.01. The molecular weight excluding hydrogens is 414 g/mol. The van der Waals surface area contributed by atoms with Gasteiger partial charge in [-0.05, 0) is 23.3 Å². The van der Waals surface area contributed by atoms with E-state index in [2.05, 4.69) is 20.7 Å². The summed E-state index contributed by atoms with van der Waals surface area (Å²) in [6, 6.07) is 3.75. The lowest BCUT2D eigenvalue weighted by molar-refractivity contribution is -0.142. The summed E-state index contributed by atoms with van der Waals surface area (Å²) >= 11 is 0. The number of benzene rings is 1. The summed E-state index contributed by atoms with van der Waals surface area (Å²) < 4.78 is 76.8. The third-order valence-electron chi connectivity index (χ3n) is 3.88. The first-order chi connectivity index (χ1) is 13.4. The molecule has 0 aliphatic rings. The van der Waals surface area contributed by atoms with Gasteiger partial charge < -0.3 is 10.6 Å². The number of alkyl halides is 3. The van der Waals surface area contributed by atoms with Gasteiger partial charge in [-0.15, -0.1) is 0 Å². The smallest absolute Gasteiger partial charge is 0.352 e. The summed E-state index contributed by atoms with van der Waals surface area (Å²) in [4.78, 5) is 3.92. The van der Waals surface area contributed by atoms with Crippen LogP contribution in [0.5, 0.6) is 0 Å². The van der Waals surface area contributed by atoms with Gasteiger partial charge in [-0.3, -0.25) is 9.67 Å². The lowest BCUT2D eigenvalue weighted by Gasteiger charge is -2.14. The second kappa shape index (κ2) is 8.80. The van der Waals surface area contributed by atoms with Gasteiger partial charge in [0.2, 0.25) is 0 Å². The first kappa shape index (κ1) is 22.7. The second-order valence-electron chi connectivity index (χ2n) is 6.44. The van der Waals surface area contributed by atoms with Crippen molar-refractivity contribution >= 4 is 15.8 Å². The fourth-order valence-corrected chi connectivity index (χ4v) is 3.51. The summed E-state index contributed by atoms with van der Waals surface area (Å²) in [5.41, 5.74) is -0.241. The zero-order chi connectivity index (χ0) is 21.8. The van der Waals surface area contributed by atoms with Gasteiger partial charge in [-0.1, -0.05) is 6.07 Å². The number of rotatable bonds is 6. The molecule has 1 aromatic carbocycles. The molecule has 0 spiro atoms. The molecule has 0 aliphatic carbocycles. The van der Waals surface area contributed by atoms with E-state index in [9.17, 15) is 26.0 Å². The van der Waals surface area contributed by atoms with Crippen molar-refractivity contribution in [2.45, 2.75) is 25.0 Å². The summed E-state index contributed by atoms with van der Waals surface area (Å²) in [6.07, 6.45) is -2.27. The first-order valence-electron chi connectivity index (χ1n) is 8.38. The lowest BCUT2D eigenvalue weighted by atomic mass is 10.1. The minimum atomic E-state index is -4.59. The highest BCUT2D eigenvalue weighted by atomic mass is 32.2. The number of aryl methyl sites for hydroxylation is 1. The summed E-state index contributed by atoms with van der Waals surface area (Å²) in [5.74, 6) is -0.635. The maximum absolute atomic E-state index is 13.6. The number of guanidine groups is 1. The number of aliphatic imine (C=N–C) groups is 1. The van der Waals surface area contributed by atoms with E-state index in [4.69, 9.17) is 0 Å². The Hall–Kier alpha value is -2.63. The largest absolute Gasteiger partial charge is 0.435 e. The van der Waals surface area contributed by atoms with E-state index in [1.165, 1.54) is 32.4 Å². The topological polar surface area (TPSA) is 88.4 Å². The Bertz CT molecular complexity index is 1000. The van der Waals surface area contributed by atoms with Crippen molar-refractivity contribution < 1.29 is 26.0 Å². The van der Waals surface area contributed by atoms with Crippen molar-refractivity contribution in [1.29, 1.82) is 0 Å². The highest BCUT2D eigenvalue weighted by Crippen LogP contribution is 2.30. The molecule has 1 heterocycles. The molecule has 7 nitrogen and oxygen atoms in total. The number of sulfone groups is 1. The van der Waals surface area contributed by atoms with E-state index >= 15 is 0 Å². The molecule has 2 N–H and O–H groups in total. The van der Waals surface area contributed by atoms with Gasteiger partial charge >= 0.3 is 6.18 Å². The van der Waals surface area contributed by atoms with Crippen molar-refractivity contribution in [2.75, 3.05) is 13.3 Å². The van der Waals surface area contributed by atoms with Crippen LogP contribution in [-0.2, 0) is 41.9 Å². The number of nitrogens with zero attached hydrogens (tertiary/aromatic N) is 3. The zero-order valence-electron chi connectivity index (χ0n) is 16.0. The van der Waals surface area contributed by atoms with Gasteiger partial charge in [0.25, 0.3) is 0 Å². The predicted molar refractivity (Wildman–Crippen MR) is 100 cm³/mol. The Labute approximate surface area is 165 Å². The van der Waals surface area contributed by atoms with Crippen LogP contribution in [0.4, 0.5) is 17.6 Å². The van der Waals surface area contributed by atoms with E-state index in [1.807, 2.05) is 0 Å². The molecule has 0 aliphatic heterocycles. The van der Waals surface area contributed by atoms with Gasteiger partial charge in [0, 0.05) is 45.2 Å². The third kappa shape index (κ3) is 6.73. The Balaban J connectivity index is 2.09. The van der Waals surface area contributed by atoms with Crippen LogP contribution < -0.4 is 10.6 Å². The molecular formula is C17H21F4N5O2S. The second-order valence-corrected chi connectivity index (χ2v) is 8.58. The first-order valence-corrected chi connectivity index (χ1v) is 10.4. The van der Waals surface area contributed by atoms with Crippen LogP contribution in [0.3, 0.4) is 0 Å². The quantitative estimate of drug-likeness (QED) is 0.412. The van der Waals surface area contributed by atoms with Gasteiger partial charge in [0.15, 0.2) is 21.5 Å². The van der Waals surface area contributed by atoms with Crippen molar-refractivity contribution in [3.05, 3.63) is 52.6 Å². The highest BCUT2D eigenvalue weighted by Gasteiger charge is 2.36. The minimum absolute atomic E-state index is 0.0292. The molecule has 0 bridgehead atoms. The molecule has 0 atom stereocenters. The number of aromatic nitrogens is 2. The maximum atomic E-state index is 13.6. The standard InChI is InChI=1S/C17H21F4N5O2S/c1-22-16(24-8-13-9-26(2)25-15(13)17(19,20)21)23-7-12-6-14(18)5-4-11(12)10-29(3,27)28/h4-6,9H,7-8,10H2,1-3H3,(H2,22,23,24). The van der Waals surface area contributed by atoms with Gasteiger partial charge in [0.05, 0.1) is 5.75 Å². The molecule has 0 fully saturated rings. The monoisotopic (exact) mass is 435 g/mol. The molecule has 2 aromatic rings. The molecule has 0 amide bonds. The SMILES string of the molecule is CN=C(NCc1cc(F)ccc1CS(C)(=O)=O)NCc1cn(C)nc1C(F)(F)F.